The number of benzene rings is 3. The van der Waals surface area contributed by atoms with Crippen molar-refractivity contribution >= 4 is 32.6 Å². The van der Waals surface area contributed by atoms with Gasteiger partial charge in [-0.25, -0.2) is 19.3 Å². The number of hydrogen-bond acceptors (Lipinski definition) is 7. The van der Waals surface area contributed by atoms with Gasteiger partial charge in [0.2, 0.25) is 5.88 Å². The summed E-state index contributed by atoms with van der Waals surface area (Å²) in [5.41, 5.74) is 4.27. The monoisotopic (exact) mass is 461 g/mol. The van der Waals surface area contributed by atoms with Crippen LogP contribution < -0.4 is 9.47 Å². The number of aliphatic hydroxyl groups excluding tert-OH is 1. The molecule has 33 heavy (non-hydrogen) atoms. The van der Waals surface area contributed by atoms with E-state index >= 15 is 0 Å². The lowest BCUT2D eigenvalue weighted by atomic mass is 9.98. The summed E-state index contributed by atoms with van der Waals surface area (Å²) in [6.45, 7) is 1.68. The van der Waals surface area contributed by atoms with Crippen LogP contribution in [0.4, 0.5) is 4.39 Å². The molecule has 0 saturated heterocycles. The molecule has 0 aliphatic rings. The molecule has 2 heterocycles. The summed E-state index contributed by atoms with van der Waals surface area (Å²) in [4.78, 5) is 13.8. The molecule has 0 amide bonds. The van der Waals surface area contributed by atoms with E-state index in [1.165, 1.54) is 25.6 Å². The molecule has 3 aromatic carbocycles. The highest BCUT2D eigenvalue weighted by molar-refractivity contribution is 7.21. The molecule has 1 atom stereocenters. The molecular weight excluding hydrogens is 441 g/mol. The topological polar surface area (TPSA) is 77.4 Å². The minimum atomic E-state index is -0.865. The third kappa shape index (κ3) is 3.67. The van der Waals surface area contributed by atoms with Gasteiger partial charge in [0.25, 0.3) is 0 Å². The minimum Gasteiger partial charge on any atom is -0.494 e. The van der Waals surface area contributed by atoms with Crippen LogP contribution in [-0.2, 0) is 0 Å². The van der Waals surface area contributed by atoms with Crippen LogP contribution in [0.5, 0.6) is 11.6 Å². The van der Waals surface area contributed by atoms with Crippen molar-refractivity contribution in [1.82, 2.24) is 15.0 Å². The van der Waals surface area contributed by atoms with Crippen LogP contribution >= 0.6 is 11.3 Å². The summed E-state index contributed by atoms with van der Waals surface area (Å²) in [6, 6.07) is 14.7. The molecule has 166 valence electrons. The summed E-state index contributed by atoms with van der Waals surface area (Å²) < 4.78 is 25.8. The molecule has 8 heteroatoms. The maximum Gasteiger partial charge on any atom is 0.232 e. The van der Waals surface area contributed by atoms with Crippen molar-refractivity contribution in [3.05, 3.63) is 77.2 Å². The second-order valence-corrected chi connectivity index (χ2v) is 8.58. The van der Waals surface area contributed by atoms with Crippen molar-refractivity contribution in [1.29, 1.82) is 0 Å². The third-order valence-electron chi connectivity index (χ3n) is 5.55. The molecule has 0 aliphatic carbocycles. The molecule has 0 spiro atoms. The van der Waals surface area contributed by atoms with Crippen molar-refractivity contribution in [2.45, 2.75) is 13.0 Å². The van der Waals surface area contributed by atoms with Gasteiger partial charge in [-0.05, 0) is 30.2 Å². The number of halogens is 1. The van der Waals surface area contributed by atoms with Crippen LogP contribution in [0.2, 0.25) is 0 Å². The van der Waals surface area contributed by atoms with Gasteiger partial charge in [0, 0.05) is 17.2 Å². The molecular formula is C25H20FN3O3S. The fourth-order valence-electron chi connectivity index (χ4n) is 3.81. The van der Waals surface area contributed by atoms with Crippen molar-refractivity contribution < 1.29 is 19.0 Å². The Bertz CT molecular complexity index is 1490. The first kappa shape index (κ1) is 21.2. The first-order valence-electron chi connectivity index (χ1n) is 10.2. The number of thiazole rings is 1. The maximum absolute atomic E-state index is 14.6. The van der Waals surface area contributed by atoms with E-state index in [0.717, 1.165) is 10.3 Å². The fourth-order valence-corrected chi connectivity index (χ4v) is 4.88. The van der Waals surface area contributed by atoms with E-state index in [1.54, 1.807) is 25.3 Å². The molecule has 6 nitrogen and oxygen atoms in total. The average Bonchev–Trinajstić information content (AvgIpc) is 3.29. The number of methoxy groups -OCH3 is 2. The second kappa shape index (κ2) is 8.38. The van der Waals surface area contributed by atoms with Gasteiger partial charge in [0.1, 0.15) is 11.1 Å². The van der Waals surface area contributed by atoms with Gasteiger partial charge in [0.15, 0.2) is 11.6 Å². The third-order valence-corrected chi connectivity index (χ3v) is 6.59. The molecule has 0 saturated carbocycles. The van der Waals surface area contributed by atoms with Crippen molar-refractivity contribution in [3.63, 3.8) is 0 Å². The molecule has 5 rings (SSSR count). The van der Waals surface area contributed by atoms with E-state index < -0.39 is 11.9 Å². The minimum absolute atomic E-state index is 0.179. The largest absolute Gasteiger partial charge is 0.494 e. The van der Waals surface area contributed by atoms with Crippen molar-refractivity contribution in [2.24, 2.45) is 0 Å². The Kier molecular flexibility index (Phi) is 5.39. The van der Waals surface area contributed by atoms with E-state index in [9.17, 15) is 9.50 Å². The molecule has 5 aromatic rings. The normalized spacial score (nSPS) is 12.3. The standard InChI is InChI=1S/C25H20FN3O3S/c1-13-21(26)18(31-2)11-19-22(13)29-25(33-19)16-9-15(24(30)14-7-5-4-6-8-14)10-17-23(16)27-12-20(28-17)32-3/h4-12,24,30H,1-3H3. The highest BCUT2D eigenvalue weighted by atomic mass is 32.1. The van der Waals surface area contributed by atoms with Crippen LogP contribution in [0.1, 0.15) is 22.8 Å². The summed E-state index contributed by atoms with van der Waals surface area (Å²) in [5.74, 6) is 0.120. The number of rotatable bonds is 5. The molecule has 1 unspecified atom stereocenters. The van der Waals surface area contributed by atoms with Crippen LogP contribution in [0.25, 0.3) is 31.8 Å². The summed E-state index contributed by atoms with van der Waals surface area (Å²) in [5, 5.41) is 11.7. The lowest BCUT2D eigenvalue weighted by Gasteiger charge is -2.14. The Hall–Kier alpha value is -3.62. The van der Waals surface area contributed by atoms with Gasteiger partial charge in [-0.15, -0.1) is 11.3 Å². The Morgan fingerprint density at radius 2 is 1.76 bits per heavy atom. The van der Waals surface area contributed by atoms with Crippen molar-refractivity contribution in [3.8, 4) is 22.2 Å². The predicted octanol–water partition coefficient (Wildman–Crippen LogP) is 5.45. The number of aliphatic hydroxyl groups is 1. The molecule has 0 radical (unpaired) electrons. The van der Waals surface area contributed by atoms with Gasteiger partial charge in [-0.1, -0.05) is 30.3 Å². The second-order valence-electron chi connectivity index (χ2n) is 7.55. The molecule has 1 N–H and O–H groups in total. The Labute approximate surface area is 193 Å². The van der Waals surface area contributed by atoms with Gasteiger partial charge < -0.3 is 14.6 Å². The molecule has 0 bridgehead atoms. The summed E-state index contributed by atoms with van der Waals surface area (Å²) in [7, 11) is 2.97. The SMILES string of the molecule is COc1cnc2c(-c3nc4c(C)c(F)c(OC)cc4s3)cc(C(O)c3ccccc3)cc2n1. The number of nitrogens with zero attached hydrogens (tertiary/aromatic N) is 3. The van der Waals surface area contributed by atoms with Gasteiger partial charge >= 0.3 is 0 Å². The first-order valence-corrected chi connectivity index (χ1v) is 11.0. The Balaban J connectivity index is 1.75. The quantitative estimate of drug-likeness (QED) is 0.375. The van der Waals surface area contributed by atoms with E-state index in [0.29, 0.717) is 44.1 Å². The number of aryl methyl sites for hydroxylation is 1. The maximum atomic E-state index is 14.6. The number of ether oxygens (including phenoxy) is 2. The zero-order valence-electron chi connectivity index (χ0n) is 18.2. The smallest absolute Gasteiger partial charge is 0.232 e. The molecule has 0 fully saturated rings. The van der Waals surface area contributed by atoms with E-state index in [1.807, 2.05) is 36.4 Å². The van der Waals surface area contributed by atoms with Gasteiger partial charge in [-0.2, -0.15) is 0 Å². The van der Waals surface area contributed by atoms with Crippen LogP contribution in [0, 0.1) is 12.7 Å². The summed E-state index contributed by atoms with van der Waals surface area (Å²) in [6.07, 6.45) is 0.677. The molecule has 0 aliphatic heterocycles. The van der Waals surface area contributed by atoms with Crippen LogP contribution in [-0.4, -0.2) is 34.3 Å². The van der Waals surface area contributed by atoms with Gasteiger partial charge in [0.05, 0.1) is 41.7 Å². The highest BCUT2D eigenvalue weighted by Crippen LogP contribution is 2.39. The van der Waals surface area contributed by atoms with Gasteiger partial charge in [-0.3, -0.25) is 0 Å². The molecule has 2 aromatic heterocycles. The van der Waals surface area contributed by atoms with E-state index in [2.05, 4.69) is 9.97 Å². The predicted molar refractivity (Wildman–Crippen MR) is 126 cm³/mol. The average molecular weight is 462 g/mol. The highest BCUT2D eigenvalue weighted by Gasteiger charge is 2.20. The number of aromatic nitrogens is 3. The van der Waals surface area contributed by atoms with Crippen LogP contribution in [0.15, 0.2) is 54.7 Å². The first-order chi connectivity index (χ1) is 16.0. The zero-order valence-corrected chi connectivity index (χ0v) is 19.0. The Morgan fingerprint density at radius 3 is 2.48 bits per heavy atom. The van der Waals surface area contributed by atoms with Crippen molar-refractivity contribution in [2.75, 3.05) is 14.2 Å². The summed E-state index contributed by atoms with van der Waals surface area (Å²) >= 11 is 1.41. The Morgan fingerprint density at radius 1 is 0.970 bits per heavy atom. The van der Waals surface area contributed by atoms with Crippen LogP contribution in [0.3, 0.4) is 0 Å². The van der Waals surface area contributed by atoms with E-state index in [-0.39, 0.29) is 5.75 Å². The van der Waals surface area contributed by atoms with E-state index in [4.69, 9.17) is 14.5 Å². The zero-order chi connectivity index (χ0) is 23.1. The lowest BCUT2D eigenvalue weighted by molar-refractivity contribution is 0.220. The lowest BCUT2D eigenvalue weighted by Crippen LogP contribution is -2.01. The fraction of sp³-hybridized carbons (Fsp3) is 0.160. The number of hydrogen-bond donors (Lipinski definition) is 1. The number of fused-ring (bicyclic) bond motifs is 2.